The lowest BCUT2D eigenvalue weighted by molar-refractivity contribution is -0.161. The van der Waals surface area contributed by atoms with Crippen LogP contribution in [0.4, 0.5) is 0 Å². The summed E-state index contributed by atoms with van der Waals surface area (Å²) in [5.74, 6) is 0.886. The van der Waals surface area contributed by atoms with E-state index in [0.717, 1.165) is 114 Å². The third-order valence-electron chi connectivity index (χ3n) is 17.3. The number of phosphoric acid groups is 2. The summed E-state index contributed by atoms with van der Waals surface area (Å²) < 4.78 is 68.5. The van der Waals surface area contributed by atoms with Crippen LogP contribution in [0.15, 0.2) is 0 Å². The van der Waals surface area contributed by atoms with Gasteiger partial charge in [-0.2, -0.15) is 0 Å². The minimum atomic E-state index is -4.96. The van der Waals surface area contributed by atoms with Gasteiger partial charge in [0.2, 0.25) is 0 Å². The summed E-state index contributed by atoms with van der Waals surface area (Å²) in [5, 5.41) is 10.6. The zero-order valence-electron chi connectivity index (χ0n) is 61.6. The van der Waals surface area contributed by atoms with Gasteiger partial charge in [-0.05, 0) is 49.4 Å². The first-order valence-electron chi connectivity index (χ1n) is 38.7. The maximum Gasteiger partial charge on any atom is 0.472 e. The molecule has 0 aromatic carbocycles. The number of phosphoric ester groups is 2. The Labute approximate surface area is 575 Å². The number of aliphatic hydroxyl groups excluding tert-OH is 1. The Hall–Kier alpha value is -1.94. The summed E-state index contributed by atoms with van der Waals surface area (Å²) >= 11 is 0. The molecular formula is C75H146O17P2. The number of rotatable bonds is 72. The van der Waals surface area contributed by atoms with Gasteiger partial charge in [-0.15, -0.1) is 0 Å². The fourth-order valence-corrected chi connectivity index (χ4v) is 13.0. The summed E-state index contributed by atoms with van der Waals surface area (Å²) in [6, 6.07) is 0. The van der Waals surface area contributed by atoms with E-state index < -0.39 is 97.5 Å². The summed E-state index contributed by atoms with van der Waals surface area (Å²) in [4.78, 5) is 72.7. The number of carbonyl (C=O) groups excluding carboxylic acids is 4. The van der Waals surface area contributed by atoms with Crippen molar-refractivity contribution in [2.45, 2.75) is 395 Å². The molecule has 0 aliphatic carbocycles. The molecule has 3 unspecified atom stereocenters. The number of carbonyl (C=O) groups is 4. The van der Waals surface area contributed by atoms with Crippen LogP contribution in [0.5, 0.6) is 0 Å². The molecular weight excluding hydrogens is 1230 g/mol. The van der Waals surface area contributed by atoms with Crippen LogP contribution in [0.2, 0.25) is 0 Å². The van der Waals surface area contributed by atoms with Crippen LogP contribution < -0.4 is 0 Å². The Bertz CT molecular complexity index is 1850. The van der Waals surface area contributed by atoms with E-state index in [1.54, 1.807) is 0 Å². The van der Waals surface area contributed by atoms with Crippen LogP contribution in [0.25, 0.3) is 0 Å². The predicted octanol–water partition coefficient (Wildman–Crippen LogP) is 21.7. The normalized spacial score (nSPS) is 14.2. The van der Waals surface area contributed by atoms with Crippen molar-refractivity contribution in [1.82, 2.24) is 0 Å². The first kappa shape index (κ1) is 92.1. The van der Waals surface area contributed by atoms with Crippen molar-refractivity contribution < 1.29 is 80.2 Å². The van der Waals surface area contributed by atoms with Gasteiger partial charge in [-0.1, -0.05) is 325 Å². The molecule has 0 bridgehead atoms. The molecule has 0 rings (SSSR count). The second kappa shape index (κ2) is 64.4. The van der Waals surface area contributed by atoms with Crippen molar-refractivity contribution in [2.75, 3.05) is 39.6 Å². The second-order valence-corrected chi connectivity index (χ2v) is 31.9. The summed E-state index contributed by atoms with van der Waals surface area (Å²) in [6.07, 6.45) is 48.7. The first-order chi connectivity index (χ1) is 45.1. The van der Waals surface area contributed by atoms with Gasteiger partial charge in [0.15, 0.2) is 12.2 Å². The summed E-state index contributed by atoms with van der Waals surface area (Å²) in [7, 11) is -9.91. The summed E-state index contributed by atoms with van der Waals surface area (Å²) in [5.41, 5.74) is 0. The summed E-state index contributed by atoms with van der Waals surface area (Å²) in [6.45, 7) is 14.1. The molecule has 0 amide bonds. The molecule has 94 heavy (non-hydrogen) atoms. The Morgan fingerprint density at radius 1 is 0.266 bits per heavy atom. The molecule has 0 saturated heterocycles. The maximum atomic E-state index is 13.1. The van der Waals surface area contributed by atoms with E-state index in [2.05, 4.69) is 55.4 Å². The van der Waals surface area contributed by atoms with E-state index >= 15 is 0 Å². The zero-order chi connectivity index (χ0) is 69.6. The lowest BCUT2D eigenvalue weighted by Crippen LogP contribution is -2.30. The van der Waals surface area contributed by atoms with Crippen molar-refractivity contribution >= 4 is 39.5 Å². The first-order valence-corrected chi connectivity index (χ1v) is 41.7. The fraction of sp³-hybridized carbons (Fsp3) is 0.947. The number of hydrogen-bond donors (Lipinski definition) is 3. The highest BCUT2D eigenvalue weighted by Crippen LogP contribution is 2.45. The Morgan fingerprint density at radius 2 is 0.447 bits per heavy atom. The molecule has 0 heterocycles. The van der Waals surface area contributed by atoms with Gasteiger partial charge in [0, 0.05) is 25.7 Å². The monoisotopic (exact) mass is 1380 g/mol. The van der Waals surface area contributed by atoms with Gasteiger partial charge in [0.1, 0.15) is 19.3 Å². The average Bonchev–Trinajstić information content (AvgIpc) is 1.35. The second-order valence-electron chi connectivity index (χ2n) is 28.9. The minimum absolute atomic E-state index is 0.104. The number of unbranched alkanes of at least 4 members (excludes halogenated alkanes) is 38. The van der Waals surface area contributed by atoms with Gasteiger partial charge in [0.05, 0.1) is 26.4 Å². The quantitative estimate of drug-likeness (QED) is 0.0222. The number of hydrogen-bond acceptors (Lipinski definition) is 15. The lowest BCUT2D eigenvalue weighted by atomic mass is 10.0. The van der Waals surface area contributed by atoms with Crippen LogP contribution >= 0.6 is 15.6 Å². The fourth-order valence-electron chi connectivity index (χ4n) is 11.4. The van der Waals surface area contributed by atoms with Gasteiger partial charge in [0.25, 0.3) is 0 Å². The van der Waals surface area contributed by atoms with Crippen molar-refractivity contribution in [3.05, 3.63) is 0 Å². The smallest absolute Gasteiger partial charge is 0.462 e. The maximum absolute atomic E-state index is 13.1. The Kier molecular flexibility index (Phi) is 63.1. The molecule has 5 atom stereocenters. The number of esters is 4. The molecule has 0 aromatic rings. The molecule has 19 heteroatoms. The van der Waals surface area contributed by atoms with E-state index in [1.165, 1.54) is 173 Å². The topological polar surface area (TPSA) is 237 Å². The molecule has 17 nitrogen and oxygen atoms in total. The highest BCUT2D eigenvalue weighted by atomic mass is 31.2. The molecule has 0 spiro atoms. The lowest BCUT2D eigenvalue weighted by Gasteiger charge is -2.21. The average molecular weight is 1380 g/mol. The van der Waals surface area contributed by atoms with E-state index in [9.17, 15) is 43.2 Å². The van der Waals surface area contributed by atoms with Crippen molar-refractivity contribution in [1.29, 1.82) is 0 Å². The molecule has 0 fully saturated rings. The molecule has 558 valence electrons. The van der Waals surface area contributed by atoms with Crippen LogP contribution in [0.1, 0.15) is 376 Å². The molecule has 0 aliphatic rings. The zero-order valence-corrected chi connectivity index (χ0v) is 63.4. The Balaban J connectivity index is 5.23. The molecule has 0 radical (unpaired) electrons. The largest absolute Gasteiger partial charge is 0.472 e. The van der Waals surface area contributed by atoms with Crippen LogP contribution in [-0.4, -0.2) is 96.7 Å². The van der Waals surface area contributed by atoms with Crippen molar-refractivity contribution in [3.8, 4) is 0 Å². The third kappa shape index (κ3) is 68.6. The van der Waals surface area contributed by atoms with Crippen LogP contribution in [0.3, 0.4) is 0 Å². The minimum Gasteiger partial charge on any atom is -0.462 e. The van der Waals surface area contributed by atoms with Gasteiger partial charge < -0.3 is 33.8 Å². The van der Waals surface area contributed by atoms with Crippen LogP contribution in [-0.2, 0) is 65.4 Å². The Morgan fingerprint density at radius 3 is 0.660 bits per heavy atom. The van der Waals surface area contributed by atoms with Gasteiger partial charge in [-0.3, -0.25) is 37.3 Å². The van der Waals surface area contributed by atoms with E-state index in [0.29, 0.717) is 31.6 Å². The van der Waals surface area contributed by atoms with Crippen molar-refractivity contribution in [3.63, 3.8) is 0 Å². The molecule has 3 N–H and O–H groups in total. The molecule has 0 saturated carbocycles. The van der Waals surface area contributed by atoms with Gasteiger partial charge >= 0.3 is 39.5 Å². The van der Waals surface area contributed by atoms with Gasteiger partial charge in [-0.25, -0.2) is 9.13 Å². The standard InChI is InChI=1S/C75H146O17P2/c1-65(2)51-43-35-27-20-15-13-11-9-10-12-14-16-24-32-41-49-57-74(79)91-70(61-85-72(77)55-47-39-31-23-18-17-21-28-36-44-52-66(3)4)63-89-93(81,82)87-59-69(76)60-88-94(83,84)90-64-71(62-86-73(78)56-48-40-34-26-30-38-46-54-68(7)8)92-75(80)58-50-42-33-25-19-22-29-37-45-53-67(5)6/h65-71,76H,9-64H2,1-8H3,(H,81,82)(H,83,84)/t69?,70-,71-/m1/s1. The predicted molar refractivity (Wildman–Crippen MR) is 381 cm³/mol. The van der Waals surface area contributed by atoms with E-state index in [4.69, 9.17) is 37.0 Å². The van der Waals surface area contributed by atoms with E-state index in [-0.39, 0.29) is 25.7 Å². The molecule has 0 aromatic heterocycles. The number of ether oxygens (including phenoxy) is 4. The number of aliphatic hydroxyl groups is 1. The highest BCUT2D eigenvalue weighted by Gasteiger charge is 2.30. The molecule has 0 aliphatic heterocycles. The SMILES string of the molecule is CC(C)CCCCCCCCCCCCCCCCCCC(=O)O[C@H](COC(=O)CCCCCCCCCCCCC(C)C)COP(=O)(O)OCC(O)COP(=O)(O)OC[C@@H](COC(=O)CCCCCCCCCC(C)C)OC(=O)CCCCCCCCCCCC(C)C. The van der Waals surface area contributed by atoms with E-state index in [1.807, 2.05) is 0 Å². The third-order valence-corrected chi connectivity index (χ3v) is 19.2. The van der Waals surface area contributed by atoms with Crippen LogP contribution in [0, 0.1) is 23.7 Å². The highest BCUT2D eigenvalue weighted by molar-refractivity contribution is 7.47. The van der Waals surface area contributed by atoms with Crippen molar-refractivity contribution in [2.24, 2.45) is 23.7 Å².